The molecule has 22 heavy (non-hydrogen) atoms. The summed E-state index contributed by atoms with van der Waals surface area (Å²) >= 11 is 0. The second-order valence-electron chi connectivity index (χ2n) is 6.36. The Morgan fingerprint density at radius 1 is 1.45 bits per heavy atom. The van der Waals surface area contributed by atoms with Gasteiger partial charge < -0.3 is 15.2 Å². The smallest absolute Gasteiger partial charge is 0.196 e. The molecule has 0 spiro atoms. The number of hydrogen-bond acceptors (Lipinski definition) is 4. The number of fused-ring (bicyclic) bond motifs is 3. The van der Waals surface area contributed by atoms with Gasteiger partial charge >= 0.3 is 0 Å². The van der Waals surface area contributed by atoms with E-state index in [0.29, 0.717) is 5.75 Å². The van der Waals surface area contributed by atoms with E-state index in [-0.39, 0.29) is 23.5 Å². The van der Waals surface area contributed by atoms with Gasteiger partial charge in [0, 0.05) is 17.5 Å². The molecule has 1 aromatic rings. The van der Waals surface area contributed by atoms with Gasteiger partial charge in [0.2, 0.25) is 0 Å². The zero-order valence-corrected chi connectivity index (χ0v) is 13.5. The maximum absolute atomic E-state index is 12.5. The first kappa shape index (κ1) is 15.1. The van der Waals surface area contributed by atoms with Gasteiger partial charge in [-0.1, -0.05) is 19.1 Å². The van der Waals surface area contributed by atoms with E-state index in [2.05, 4.69) is 19.2 Å². The van der Waals surface area contributed by atoms with Gasteiger partial charge in [-0.2, -0.15) is 0 Å². The lowest BCUT2D eigenvalue weighted by atomic mass is 9.59. The van der Waals surface area contributed by atoms with Crippen molar-refractivity contribution < 1.29 is 14.6 Å². The summed E-state index contributed by atoms with van der Waals surface area (Å²) in [5, 5.41) is 13.5. The Morgan fingerprint density at radius 3 is 2.82 bits per heavy atom. The van der Waals surface area contributed by atoms with Crippen LogP contribution in [0.15, 0.2) is 24.3 Å². The molecule has 4 unspecified atom stereocenters. The number of ether oxygens (including phenoxy) is 1. The summed E-state index contributed by atoms with van der Waals surface area (Å²) in [5.74, 6) is 0.715. The maximum atomic E-state index is 12.5. The molecule has 0 saturated heterocycles. The fraction of sp³-hybridized carbons (Fsp3) is 0.500. The molecule has 4 nitrogen and oxygen atoms in total. The van der Waals surface area contributed by atoms with Gasteiger partial charge in [-0.25, -0.2) is 0 Å². The van der Waals surface area contributed by atoms with Crippen molar-refractivity contribution in [1.29, 1.82) is 0 Å². The van der Waals surface area contributed by atoms with Crippen LogP contribution in [0.25, 0.3) is 0 Å². The summed E-state index contributed by atoms with van der Waals surface area (Å²) < 4.78 is 5.98. The van der Waals surface area contributed by atoms with E-state index >= 15 is 0 Å². The first-order chi connectivity index (χ1) is 10.5. The van der Waals surface area contributed by atoms with Gasteiger partial charge in [0.05, 0.1) is 5.41 Å². The number of benzene rings is 1. The zero-order chi connectivity index (χ0) is 16.1. The van der Waals surface area contributed by atoms with Crippen LogP contribution in [0.5, 0.6) is 11.5 Å². The van der Waals surface area contributed by atoms with Gasteiger partial charge in [-0.15, -0.1) is 0 Å². The Labute approximate surface area is 131 Å². The highest BCUT2D eigenvalue weighted by atomic mass is 16.5. The Balaban J connectivity index is 2.29. The molecule has 0 radical (unpaired) electrons. The van der Waals surface area contributed by atoms with E-state index < -0.39 is 11.5 Å². The molecule has 118 valence electrons. The predicted octanol–water partition coefficient (Wildman–Crippen LogP) is 2.47. The van der Waals surface area contributed by atoms with Crippen LogP contribution < -0.4 is 10.1 Å². The van der Waals surface area contributed by atoms with Gasteiger partial charge in [0.1, 0.15) is 0 Å². The predicted molar refractivity (Wildman–Crippen MR) is 85.4 cm³/mol. The first-order valence-corrected chi connectivity index (χ1v) is 7.86. The molecule has 2 N–H and O–H groups in total. The van der Waals surface area contributed by atoms with Crippen LogP contribution in [0.4, 0.5) is 0 Å². The molecular weight excluding hydrogens is 278 g/mol. The standard InChI is InChI=1S/C18H23NO3/c1-5-18-12(11(3)19-4)7-9-14(21)17(18)22-16-13(20)8-6-10(2)15(16)18/h6-9,11-12,17,19-20H,5H2,1-4H3. The van der Waals surface area contributed by atoms with Crippen molar-refractivity contribution in [3.63, 3.8) is 0 Å². The van der Waals surface area contributed by atoms with Crippen LogP contribution in [0.1, 0.15) is 31.4 Å². The van der Waals surface area contributed by atoms with Crippen molar-refractivity contribution in [1.82, 2.24) is 5.32 Å². The van der Waals surface area contributed by atoms with Crippen molar-refractivity contribution in [2.45, 2.75) is 44.8 Å². The van der Waals surface area contributed by atoms with Crippen LogP contribution in [0.2, 0.25) is 0 Å². The topological polar surface area (TPSA) is 58.6 Å². The molecule has 4 atom stereocenters. The number of nitrogens with one attached hydrogen (secondary N) is 1. The number of rotatable bonds is 3. The van der Waals surface area contributed by atoms with Gasteiger partial charge in [0.15, 0.2) is 23.4 Å². The van der Waals surface area contributed by atoms with Crippen molar-refractivity contribution in [2.24, 2.45) is 5.92 Å². The van der Waals surface area contributed by atoms with Crippen molar-refractivity contribution >= 4 is 5.78 Å². The fourth-order valence-corrected chi connectivity index (χ4v) is 4.22. The molecular formula is C18H23NO3. The molecule has 3 rings (SSSR count). The quantitative estimate of drug-likeness (QED) is 0.900. The molecule has 0 bridgehead atoms. The minimum atomic E-state index is -0.551. The highest BCUT2D eigenvalue weighted by Gasteiger charge is 2.58. The number of ketones is 1. The Bertz CT molecular complexity index is 652. The second-order valence-corrected chi connectivity index (χ2v) is 6.36. The zero-order valence-electron chi connectivity index (χ0n) is 13.5. The Kier molecular flexibility index (Phi) is 3.52. The van der Waals surface area contributed by atoms with E-state index in [9.17, 15) is 9.90 Å². The summed E-state index contributed by atoms with van der Waals surface area (Å²) in [6, 6.07) is 3.74. The average Bonchev–Trinajstić information content (AvgIpc) is 2.89. The number of aromatic hydroxyl groups is 1. The summed E-state index contributed by atoms with van der Waals surface area (Å²) in [6.45, 7) is 6.23. The molecule has 4 heteroatoms. The van der Waals surface area contributed by atoms with E-state index in [1.54, 1.807) is 12.1 Å². The van der Waals surface area contributed by atoms with E-state index in [4.69, 9.17) is 4.74 Å². The summed E-state index contributed by atoms with van der Waals surface area (Å²) in [5.41, 5.74) is 1.63. The number of carbonyl (C=O) groups is 1. The van der Waals surface area contributed by atoms with Crippen LogP contribution >= 0.6 is 0 Å². The molecule has 1 aromatic carbocycles. The Hall–Kier alpha value is -1.81. The van der Waals surface area contributed by atoms with Crippen molar-refractivity contribution in [2.75, 3.05) is 7.05 Å². The number of phenolic OH excluding ortho intramolecular Hbond substituents is 1. The van der Waals surface area contributed by atoms with Crippen LogP contribution in [0.3, 0.4) is 0 Å². The monoisotopic (exact) mass is 301 g/mol. The maximum Gasteiger partial charge on any atom is 0.196 e. The third-order valence-electron chi connectivity index (χ3n) is 5.41. The highest BCUT2D eigenvalue weighted by molar-refractivity contribution is 5.97. The van der Waals surface area contributed by atoms with E-state index in [1.807, 2.05) is 26.1 Å². The number of hydrogen-bond donors (Lipinski definition) is 2. The minimum absolute atomic E-state index is 0.0172. The molecule has 0 amide bonds. The molecule has 0 fully saturated rings. The molecule has 0 aromatic heterocycles. The molecule has 2 aliphatic rings. The van der Waals surface area contributed by atoms with Crippen molar-refractivity contribution in [3.05, 3.63) is 35.4 Å². The molecule has 1 heterocycles. The number of phenols is 1. The van der Waals surface area contributed by atoms with Crippen LogP contribution in [-0.4, -0.2) is 30.1 Å². The van der Waals surface area contributed by atoms with Gasteiger partial charge in [-0.05, 0) is 45.0 Å². The lowest BCUT2D eigenvalue weighted by Crippen LogP contribution is -2.55. The normalized spacial score (nSPS) is 30.6. The molecule has 1 aliphatic heterocycles. The fourth-order valence-electron chi connectivity index (χ4n) is 4.22. The Morgan fingerprint density at radius 2 is 2.18 bits per heavy atom. The minimum Gasteiger partial charge on any atom is -0.504 e. The number of carbonyl (C=O) groups excluding carboxylic acids is 1. The van der Waals surface area contributed by atoms with Gasteiger partial charge in [-0.3, -0.25) is 4.79 Å². The SMILES string of the molecule is CCC12c3c(C)ccc(O)c3OC1C(=O)C=CC2C(C)NC. The van der Waals surface area contributed by atoms with E-state index in [1.165, 1.54) is 0 Å². The summed E-state index contributed by atoms with van der Waals surface area (Å²) in [4.78, 5) is 12.5. The lowest BCUT2D eigenvalue weighted by Gasteiger charge is -2.43. The second kappa shape index (κ2) is 5.13. The third kappa shape index (κ3) is 1.76. The largest absolute Gasteiger partial charge is 0.504 e. The van der Waals surface area contributed by atoms with E-state index in [0.717, 1.165) is 17.5 Å². The van der Waals surface area contributed by atoms with Gasteiger partial charge in [0.25, 0.3) is 0 Å². The average molecular weight is 301 g/mol. The first-order valence-electron chi connectivity index (χ1n) is 7.86. The highest BCUT2D eigenvalue weighted by Crippen LogP contribution is 2.56. The summed E-state index contributed by atoms with van der Waals surface area (Å²) in [6.07, 6.45) is 3.87. The van der Waals surface area contributed by atoms with Crippen molar-refractivity contribution in [3.8, 4) is 11.5 Å². The van der Waals surface area contributed by atoms with Crippen LogP contribution in [0, 0.1) is 12.8 Å². The van der Waals surface area contributed by atoms with Crippen LogP contribution in [-0.2, 0) is 10.2 Å². The third-order valence-corrected chi connectivity index (χ3v) is 5.41. The number of aryl methyl sites for hydroxylation is 1. The summed E-state index contributed by atoms with van der Waals surface area (Å²) in [7, 11) is 1.93. The molecule has 1 aliphatic carbocycles. The molecule has 0 saturated carbocycles. The lowest BCUT2D eigenvalue weighted by molar-refractivity contribution is -0.125.